The quantitative estimate of drug-likeness (QED) is 0.626. The number of carbonyl (C=O) groups is 1. The van der Waals surface area contributed by atoms with Gasteiger partial charge in [-0.05, 0) is 45.0 Å². The predicted molar refractivity (Wildman–Crippen MR) is 114 cm³/mol. The Morgan fingerprint density at radius 2 is 1.80 bits per heavy atom. The van der Waals surface area contributed by atoms with Crippen LogP contribution in [0.25, 0.3) is 22.3 Å². The largest absolute Gasteiger partial charge is 0.474 e. The van der Waals surface area contributed by atoms with Crippen LogP contribution in [0.3, 0.4) is 0 Å². The number of para-hydroxylation sites is 2. The lowest BCUT2D eigenvalue weighted by Crippen LogP contribution is -2.36. The van der Waals surface area contributed by atoms with Crippen LogP contribution in [0.15, 0.2) is 48.5 Å². The van der Waals surface area contributed by atoms with Crippen LogP contribution in [0, 0.1) is 11.3 Å². The van der Waals surface area contributed by atoms with Crippen LogP contribution < -0.4 is 4.74 Å². The Morgan fingerprint density at radius 1 is 1.10 bits per heavy atom. The number of ether oxygens (including phenoxy) is 2. The molecule has 7 nitrogen and oxygen atoms in total. The molecule has 0 unspecified atom stereocenters. The van der Waals surface area contributed by atoms with Gasteiger partial charge in [0.1, 0.15) is 17.9 Å². The fraction of sp³-hybridized carbons (Fsp3) is 0.304. The van der Waals surface area contributed by atoms with Crippen LogP contribution in [0.2, 0.25) is 0 Å². The lowest BCUT2D eigenvalue weighted by molar-refractivity contribution is 0.0277. The Labute approximate surface area is 175 Å². The zero-order chi connectivity index (χ0) is 21.7. The Hall–Kier alpha value is -3.66. The molecular weight excluding hydrogens is 380 g/mol. The molecule has 2 aromatic carbocycles. The van der Waals surface area contributed by atoms with Gasteiger partial charge in [0.15, 0.2) is 0 Å². The lowest BCUT2D eigenvalue weighted by atomic mass is 10.1. The SMILES string of the molecule is CN(CCOc1nc2ccccc2nc1-c1cccc(C#N)c1)C(=O)OC(C)(C)C. The van der Waals surface area contributed by atoms with Crippen molar-refractivity contribution in [2.75, 3.05) is 20.2 Å². The van der Waals surface area contributed by atoms with Gasteiger partial charge in [0, 0.05) is 12.6 Å². The third-order valence-electron chi connectivity index (χ3n) is 4.17. The molecule has 7 heteroatoms. The second kappa shape index (κ2) is 8.78. The summed E-state index contributed by atoms with van der Waals surface area (Å²) in [6.07, 6.45) is -0.419. The minimum Gasteiger partial charge on any atom is -0.474 e. The zero-order valence-electron chi connectivity index (χ0n) is 17.5. The fourth-order valence-electron chi connectivity index (χ4n) is 2.72. The van der Waals surface area contributed by atoms with Crippen LogP contribution in [0.1, 0.15) is 26.3 Å². The molecule has 0 saturated heterocycles. The van der Waals surface area contributed by atoms with E-state index in [-0.39, 0.29) is 6.61 Å². The van der Waals surface area contributed by atoms with E-state index in [1.807, 2.05) is 51.1 Å². The van der Waals surface area contributed by atoms with Gasteiger partial charge in [-0.1, -0.05) is 24.3 Å². The van der Waals surface area contributed by atoms with Crippen LogP contribution in [-0.4, -0.2) is 46.8 Å². The summed E-state index contributed by atoms with van der Waals surface area (Å²) in [6.45, 7) is 6.00. The summed E-state index contributed by atoms with van der Waals surface area (Å²) in [4.78, 5) is 22.9. The molecule has 1 aromatic heterocycles. The smallest absolute Gasteiger partial charge is 0.410 e. The molecule has 0 radical (unpaired) electrons. The van der Waals surface area contributed by atoms with Crippen LogP contribution in [0.4, 0.5) is 4.79 Å². The highest BCUT2D eigenvalue weighted by Gasteiger charge is 2.20. The minimum absolute atomic E-state index is 0.216. The Morgan fingerprint density at radius 3 is 2.47 bits per heavy atom. The highest BCUT2D eigenvalue weighted by molar-refractivity contribution is 5.80. The molecule has 0 saturated carbocycles. The van der Waals surface area contributed by atoms with E-state index in [4.69, 9.17) is 14.5 Å². The van der Waals surface area contributed by atoms with Crippen molar-refractivity contribution < 1.29 is 14.3 Å². The molecule has 0 aliphatic carbocycles. The van der Waals surface area contributed by atoms with Crippen molar-refractivity contribution in [3.8, 4) is 23.2 Å². The van der Waals surface area contributed by atoms with Gasteiger partial charge in [0.2, 0.25) is 5.88 Å². The maximum absolute atomic E-state index is 12.1. The maximum Gasteiger partial charge on any atom is 0.410 e. The van der Waals surface area contributed by atoms with Crippen molar-refractivity contribution in [2.24, 2.45) is 0 Å². The van der Waals surface area contributed by atoms with Crippen molar-refractivity contribution in [1.82, 2.24) is 14.9 Å². The van der Waals surface area contributed by atoms with Gasteiger partial charge in [0.25, 0.3) is 0 Å². The normalized spacial score (nSPS) is 11.0. The van der Waals surface area contributed by atoms with Crippen molar-refractivity contribution >= 4 is 17.1 Å². The van der Waals surface area contributed by atoms with E-state index in [1.54, 1.807) is 25.2 Å². The molecule has 0 fully saturated rings. The standard InChI is InChI=1S/C23H24N4O3/c1-23(2,3)30-22(28)27(4)12-13-29-21-20(17-9-7-8-16(14-17)15-24)25-18-10-5-6-11-19(18)26-21/h5-11,14H,12-13H2,1-4H3. The van der Waals surface area contributed by atoms with E-state index in [0.717, 1.165) is 11.1 Å². The highest BCUT2D eigenvalue weighted by atomic mass is 16.6. The molecule has 3 rings (SSSR count). The van der Waals surface area contributed by atoms with Gasteiger partial charge >= 0.3 is 6.09 Å². The Kier molecular flexibility index (Phi) is 6.17. The molecular formula is C23H24N4O3. The van der Waals surface area contributed by atoms with Gasteiger partial charge in [-0.3, -0.25) is 0 Å². The Bertz CT molecular complexity index is 1100. The van der Waals surface area contributed by atoms with Gasteiger partial charge < -0.3 is 14.4 Å². The molecule has 0 aliphatic heterocycles. The van der Waals surface area contributed by atoms with Gasteiger partial charge in [-0.25, -0.2) is 14.8 Å². The number of rotatable bonds is 5. The second-order valence-electron chi connectivity index (χ2n) is 7.81. The third-order valence-corrected chi connectivity index (χ3v) is 4.17. The fourth-order valence-corrected chi connectivity index (χ4v) is 2.72. The summed E-state index contributed by atoms with van der Waals surface area (Å²) < 4.78 is 11.3. The van der Waals surface area contributed by atoms with Gasteiger partial charge in [-0.15, -0.1) is 0 Å². The first-order valence-electron chi connectivity index (χ1n) is 9.61. The van der Waals surface area contributed by atoms with Crippen LogP contribution in [0.5, 0.6) is 5.88 Å². The Balaban J connectivity index is 1.83. The summed E-state index contributed by atoms with van der Waals surface area (Å²) >= 11 is 0. The van der Waals surface area contributed by atoms with E-state index in [1.165, 1.54) is 4.90 Å². The molecule has 3 aromatic rings. The summed E-state index contributed by atoms with van der Waals surface area (Å²) in [5.74, 6) is 0.348. The first kappa shape index (κ1) is 21.1. The van der Waals surface area contributed by atoms with E-state index >= 15 is 0 Å². The summed E-state index contributed by atoms with van der Waals surface area (Å²) in [5, 5.41) is 9.22. The maximum atomic E-state index is 12.1. The van der Waals surface area contributed by atoms with E-state index < -0.39 is 11.7 Å². The number of amides is 1. The molecule has 1 amide bonds. The number of likely N-dealkylation sites (N-methyl/N-ethyl adjacent to an activating group) is 1. The molecule has 1 heterocycles. The van der Waals surface area contributed by atoms with Gasteiger partial charge in [-0.2, -0.15) is 5.26 Å². The highest BCUT2D eigenvalue weighted by Crippen LogP contribution is 2.29. The molecule has 0 aliphatic rings. The van der Waals surface area contributed by atoms with Crippen molar-refractivity contribution in [1.29, 1.82) is 5.26 Å². The van der Waals surface area contributed by atoms with E-state index in [2.05, 4.69) is 11.1 Å². The van der Waals surface area contributed by atoms with Crippen molar-refractivity contribution in [2.45, 2.75) is 26.4 Å². The first-order chi connectivity index (χ1) is 14.3. The second-order valence-corrected chi connectivity index (χ2v) is 7.81. The molecule has 0 bridgehead atoms. The third kappa shape index (κ3) is 5.23. The molecule has 0 atom stereocenters. The molecule has 0 N–H and O–H groups in total. The molecule has 0 spiro atoms. The first-order valence-corrected chi connectivity index (χ1v) is 9.61. The zero-order valence-corrected chi connectivity index (χ0v) is 17.5. The van der Waals surface area contributed by atoms with E-state index in [9.17, 15) is 10.1 Å². The number of aromatic nitrogens is 2. The number of nitrogens with zero attached hydrogens (tertiary/aromatic N) is 4. The number of nitriles is 1. The van der Waals surface area contributed by atoms with E-state index in [0.29, 0.717) is 29.2 Å². The van der Waals surface area contributed by atoms with Gasteiger partial charge in [0.05, 0.1) is 29.2 Å². The molecule has 154 valence electrons. The number of benzene rings is 2. The average Bonchev–Trinajstić information content (AvgIpc) is 2.72. The monoisotopic (exact) mass is 404 g/mol. The van der Waals surface area contributed by atoms with Crippen LogP contribution >= 0.6 is 0 Å². The number of hydrogen-bond acceptors (Lipinski definition) is 6. The average molecular weight is 404 g/mol. The predicted octanol–water partition coefficient (Wildman–Crippen LogP) is 4.41. The number of carbonyl (C=O) groups excluding carboxylic acids is 1. The summed E-state index contributed by atoms with van der Waals surface area (Å²) in [5.41, 5.74) is 2.68. The summed E-state index contributed by atoms with van der Waals surface area (Å²) in [7, 11) is 1.65. The van der Waals surface area contributed by atoms with Crippen molar-refractivity contribution in [3.05, 3.63) is 54.1 Å². The number of hydrogen-bond donors (Lipinski definition) is 0. The van der Waals surface area contributed by atoms with Crippen molar-refractivity contribution in [3.63, 3.8) is 0 Å². The van der Waals surface area contributed by atoms with Crippen LogP contribution in [-0.2, 0) is 4.74 Å². The minimum atomic E-state index is -0.561. The topological polar surface area (TPSA) is 88.3 Å². The summed E-state index contributed by atoms with van der Waals surface area (Å²) in [6, 6.07) is 16.8. The molecule has 30 heavy (non-hydrogen) atoms. The number of fused-ring (bicyclic) bond motifs is 1. The lowest BCUT2D eigenvalue weighted by Gasteiger charge is -2.24.